The highest BCUT2D eigenvalue weighted by atomic mass is 32.2. The number of nitrogens with one attached hydrogen (secondary N) is 1. The van der Waals surface area contributed by atoms with Crippen LogP contribution in [0.3, 0.4) is 0 Å². The molecule has 1 aromatic carbocycles. The predicted molar refractivity (Wildman–Crippen MR) is 86.2 cm³/mol. The van der Waals surface area contributed by atoms with Crippen molar-refractivity contribution in [1.82, 2.24) is 5.32 Å². The van der Waals surface area contributed by atoms with E-state index in [1.165, 1.54) is 18.6 Å². The van der Waals surface area contributed by atoms with Crippen molar-refractivity contribution in [3.8, 4) is 0 Å². The zero-order valence-corrected chi connectivity index (χ0v) is 14.0. The molecule has 0 amide bonds. The van der Waals surface area contributed by atoms with Crippen molar-refractivity contribution in [2.45, 2.75) is 56.2 Å². The number of rotatable bonds is 5. The average Bonchev–Trinajstić information content (AvgIpc) is 2.47. The number of hydrogen-bond acceptors (Lipinski definition) is 2. The second-order valence-corrected chi connectivity index (χ2v) is 7.95. The van der Waals surface area contributed by atoms with Crippen LogP contribution in [0, 0.1) is 17.7 Å². The summed E-state index contributed by atoms with van der Waals surface area (Å²) in [7, 11) is -1.15. The van der Waals surface area contributed by atoms with E-state index in [4.69, 9.17) is 0 Å². The Morgan fingerprint density at radius 2 is 2.14 bits per heavy atom. The monoisotopic (exact) mass is 311 g/mol. The minimum atomic E-state index is -1.15. The van der Waals surface area contributed by atoms with Crippen LogP contribution in [0.4, 0.5) is 4.39 Å². The Hall–Kier alpha value is -0.740. The number of benzene rings is 1. The Balaban J connectivity index is 2.20. The molecular formula is C17H26FNOS. The maximum atomic E-state index is 13.4. The Morgan fingerprint density at radius 1 is 1.38 bits per heavy atom. The molecule has 1 fully saturated rings. The molecule has 2 rings (SSSR count). The summed E-state index contributed by atoms with van der Waals surface area (Å²) in [6.45, 7) is 7.44. The Bertz CT molecular complexity index is 491. The maximum Gasteiger partial charge on any atom is 0.124 e. The first-order chi connectivity index (χ1) is 10.0. The van der Waals surface area contributed by atoms with Crippen molar-refractivity contribution in [2.24, 2.45) is 11.8 Å². The largest absolute Gasteiger partial charge is 0.313 e. The molecule has 0 bridgehead atoms. The molecule has 2 nitrogen and oxygen atoms in total. The van der Waals surface area contributed by atoms with Crippen LogP contribution in [0.5, 0.6) is 0 Å². The molecule has 118 valence electrons. The fourth-order valence-corrected chi connectivity index (χ4v) is 5.01. The zero-order chi connectivity index (χ0) is 15.4. The van der Waals surface area contributed by atoms with Crippen LogP contribution < -0.4 is 5.32 Å². The van der Waals surface area contributed by atoms with E-state index >= 15 is 0 Å². The third kappa shape index (κ3) is 4.13. The normalized spacial score (nSPS) is 27.8. The van der Waals surface area contributed by atoms with Crippen LogP contribution in [0.2, 0.25) is 0 Å². The number of halogens is 1. The summed E-state index contributed by atoms with van der Waals surface area (Å²) in [5, 5.41) is 3.55. The second-order valence-electron chi connectivity index (χ2n) is 6.27. The molecule has 0 spiro atoms. The van der Waals surface area contributed by atoms with Crippen LogP contribution in [0.1, 0.15) is 40.0 Å². The highest BCUT2D eigenvalue weighted by Crippen LogP contribution is 2.34. The third-order valence-corrected chi connectivity index (χ3v) is 6.33. The molecule has 4 atom stereocenters. The van der Waals surface area contributed by atoms with Crippen LogP contribution in [-0.2, 0) is 10.8 Å². The van der Waals surface area contributed by atoms with Crippen molar-refractivity contribution in [1.29, 1.82) is 0 Å². The van der Waals surface area contributed by atoms with Crippen molar-refractivity contribution in [3.63, 3.8) is 0 Å². The van der Waals surface area contributed by atoms with Gasteiger partial charge in [0.05, 0.1) is 16.0 Å². The molecule has 0 heterocycles. The van der Waals surface area contributed by atoms with E-state index in [1.807, 2.05) is 0 Å². The molecule has 1 aliphatic rings. The van der Waals surface area contributed by atoms with E-state index in [1.54, 1.807) is 12.1 Å². The summed E-state index contributed by atoms with van der Waals surface area (Å²) < 4.78 is 26.3. The van der Waals surface area contributed by atoms with Gasteiger partial charge in [0.1, 0.15) is 5.82 Å². The van der Waals surface area contributed by atoms with E-state index in [-0.39, 0.29) is 17.1 Å². The molecular weight excluding hydrogens is 285 g/mol. The van der Waals surface area contributed by atoms with Crippen LogP contribution in [-0.4, -0.2) is 22.0 Å². The summed E-state index contributed by atoms with van der Waals surface area (Å²) in [6.07, 6.45) is 3.20. The van der Waals surface area contributed by atoms with E-state index in [0.717, 1.165) is 19.4 Å². The molecule has 1 saturated carbocycles. The highest BCUT2D eigenvalue weighted by molar-refractivity contribution is 7.85. The lowest BCUT2D eigenvalue weighted by atomic mass is 9.79. The van der Waals surface area contributed by atoms with Gasteiger partial charge in [-0.25, -0.2) is 4.39 Å². The van der Waals surface area contributed by atoms with E-state index < -0.39 is 10.8 Å². The lowest BCUT2D eigenvalue weighted by molar-refractivity contribution is 0.245. The predicted octanol–water partition coefficient (Wildman–Crippen LogP) is 3.74. The quantitative estimate of drug-likeness (QED) is 0.897. The van der Waals surface area contributed by atoms with Gasteiger partial charge < -0.3 is 5.32 Å². The zero-order valence-electron chi connectivity index (χ0n) is 13.1. The van der Waals surface area contributed by atoms with Crippen molar-refractivity contribution < 1.29 is 8.60 Å². The first-order valence-corrected chi connectivity index (χ1v) is 9.13. The summed E-state index contributed by atoms with van der Waals surface area (Å²) in [4.78, 5) is 0.618. The summed E-state index contributed by atoms with van der Waals surface area (Å²) in [5.41, 5.74) is 0. The Morgan fingerprint density at radius 3 is 2.76 bits per heavy atom. The molecule has 0 aliphatic heterocycles. The first-order valence-electron chi connectivity index (χ1n) is 7.92. The second kappa shape index (κ2) is 7.50. The molecule has 4 unspecified atom stereocenters. The Kier molecular flexibility index (Phi) is 5.94. The lowest BCUT2D eigenvalue weighted by Crippen LogP contribution is -2.47. The average molecular weight is 311 g/mol. The van der Waals surface area contributed by atoms with E-state index in [9.17, 15) is 8.60 Å². The molecule has 1 aromatic rings. The molecule has 0 aromatic heterocycles. The van der Waals surface area contributed by atoms with Gasteiger partial charge in [-0.1, -0.05) is 26.8 Å². The van der Waals surface area contributed by atoms with Gasteiger partial charge in [0, 0.05) is 10.9 Å². The van der Waals surface area contributed by atoms with Gasteiger partial charge in [-0.15, -0.1) is 0 Å². The maximum absolute atomic E-state index is 13.4. The molecule has 21 heavy (non-hydrogen) atoms. The first kappa shape index (κ1) is 16.6. The van der Waals surface area contributed by atoms with Gasteiger partial charge in [0.2, 0.25) is 0 Å². The smallest absolute Gasteiger partial charge is 0.124 e. The highest BCUT2D eigenvalue weighted by Gasteiger charge is 2.35. The third-order valence-electron chi connectivity index (χ3n) is 4.54. The number of hydrogen-bond donors (Lipinski definition) is 1. The van der Waals surface area contributed by atoms with Crippen LogP contribution >= 0.6 is 0 Å². The van der Waals surface area contributed by atoms with Gasteiger partial charge in [0.25, 0.3) is 0 Å². The van der Waals surface area contributed by atoms with Gasteiger partial charge in [-0.3, -0.25) is 4.21 Å². The van der Waals surface area contributed by atoms with Crippen LogP contribution in [0.15, 0.2) is 29.2 Å². The van der Waals surface area contributed by atoms with Gasteiger partial charge in [-0.2, -0.15) is 0 Å². The lowest BCUT2D eigenvalue weighted by Gasteiger charge is -2.37. The minimum Gasteiger partial charge on any atom is -0.313 e. The van der Waals surface area contributed by atoms with E-state index in [2.05, 4.69) is 26.1 Å². The SMILES string of the molecule is CCNC1CCC(C(C)C)CC1S(=O)c1cccc(F)c1. The van der Waals surface area contributed by atoms with Gasteiger partial charge >= 0.3 is 0 Å². The molecule has 0 radical (unpaired) electrons. The fraction of sp³-hybridized carbons (Fsp3) is 0.647. The summed E-state index contributed by atoms with van der Waals surface area (Å²) in [6, 6.07) is 6.52. The molecule has 1 N–H and O–H groups in total. The van der Waals surface area contributed by atoms with Crippen molar-refractivity contribution in [3.05, 3.63) is 30.1 Å². The van der Waals surface area contributed by atoms with Crippen molar-refractivity contribution >= 4 is 10.8 Å². The topological polar surface area (TPSA) is 29.1 Å². The molecule has 1 aliphatic carbocycles. The summed E-state index contributed by atoms with van der Waals surface area (Å²) in [5.74, 6) is 0.916. The Labute approximate surface area is 130 Å². The van der Waals surface area contributed by atoms with E-state index in [0.29, 0.717) is 16.7 Å². The fourth-order valence-electron chi connectivity index (χ4n) is 3.26. The summed E-state index contributed by atoms with van der Waals surface area (Å²) >= 11 is 0. The molecule has 4 heteroatoms. The van der Waals surface area contributed by atoms with Crippen molar-refractivity contribution in [2.75, 3.05) is 6.54 Å². The standard InChI is InChI=1S/C17H26FNOS/c1-4-19-16-9-8-13(12(2)3)10-17(16)21(20)15-7-5-6-14(18)11-15/h5-7,11-13,16-17,19H,4,8-10H2,1-3H3. The minimum absolute atomic E-state index is 0.0768. The van der Waals surface area contributed by atoms with Crippen LogP contribution in [0.25, 0.3) is 0 Å². The molecule has 0 saturated heterocycles. The van der Waals surface area contributed by atoms with Gasteiger partial charge in [-0.05, 0) is 55.8 Å². The van der Waals surface area contributed by atoms with Gasteiger partial charge in [0.15, 0.2) is 0 Å².